The van der Waals surface area contributed by atoms with Crippen LogP contribution >= 0.6 is 0 Å². The van der Waals surface area contributed by atoms with Crippen LogP contribution in [0.2, 0.25) is 0 Å². The molecule has 3 spiro atoms. The molecule has 6 aliphatic carbocycles. The largest absolute Gasteiger partial charge is 0.311 e. The van der Waals surface area contributed by atoms with Gasteiger partial charge in [0.25, 0.3) is 6.71 Å². The molecule has 0 saturated heterocycles. The summed E-state index contributed by atoms with van der Waals surface area (Å²) in [6.07, 6.45) is 0. The van der Waals surface area contributed by atoms with Crippen molar-refractivity contribution in [1.29, 1.82) is 0 Å². The number of rotatable bonds is 4. The first-order valence-electron chi connectivity index (χ1n) is 38.4. The first kappa shape index (κ1) is 58.5. The summed E-state index contributed by atoms with van der Waals surface area (Å²) in [4.78, 5) is 5.49. The van der Waals surface area contributed by atoms with Crippen LogP contribution in [0.15, 0.2) is 376 Å². The molecule has 3 heterocycles. The van der Waals surface area contributed by atoms with E-state index in [1.165, 1.54) is 183 Å². The molecule has 0 unspecified atom stereocenters. The average Bonchev–Trinajstić information content (AvgIpc) is 1.59. The highest BCUT2D eigenvalue weighted by Crippen LogP contribution is 2.69. The summed E-state index contributed by atoms with van der Waals surface area (Å²) in [6.45, 7) is -0.315. The lowest BCUT2D eigenvalue weighted by Crippen LogP contribution is -2.62. The van der Waals surface area contributed by atoms with Crippen LogP contribution in [0.4, 0.5) is 34.1 Å². The Kier molecular flexibility index (Phi) is 11.2. The molecule has 4 heteroatoms. The topological polar surface area (TPSA) is 11.4 Å². The van der Waals surface area contributed by atoms with Crippen molar-refractivity contribution in [2.24, 2.45) is 0 Å². The number of hydrogen-bond donors (Lipinski definition) is 0. The van der Waals surface area contributed by atoms with Gasteiger partial charge in [-0.3, -0.25) is 0 Å². The van der Waals surface area contributed by atoms with E-state index >= 15 is 0 Å². The van der Waals surface area contributed by atoms with Crippen molar-refractivity contribution in [3.8, 4) is 83.6 Å². The summed E-state index contributed by atoms with van der Waals surface area (Å²) in [6, 6.07) is 146. The van der Waals surface area contributed by atoms with E-state index in [1.54, 1.807) is 0 Å². The molecule has 0 N–H and O–H groups in total. The summed E-state index contributed by atoms with van der Waals surface area (Å²) < 4.78 is 2.57. The lowest BCUT2D eigenvalue weighted by Gasteiger charge is -2.46. The Morgan fingerprint density at radius 1 is 0.202 bits per heavy atom. The van der Waals surface area contributed by atoms with Crippen molar-refractivity contribution in [2.75, 3.05) is 9.80 Å². The van der Waals surface area contributed by atoms with E-state index in [-0.39, 0.29) is 6.71 Å². The van der Waals surface area contributed by atoms with Gasteiger partial charge in [-0.1, -0.05) is 322 Å². The Balaban J connectivity index is 0.860. The SMILES string of the molecule is c1ccc(-c2ccc(N3c4cc5c(cc4B4c6cc7c(cc6N(c6cccc8c6C6(c9ccccc9-c9ccccc96)c6ccccc6-8)c6cc(-n8c9ccccc9c9ccccc98)cc3c64)-c3ccccc3C73c4ccccc4-c4ccccc43)C3(c4ccccc4-c4ccccc43)c3ccccc3-5)cc2)cc1. The van der Waals surface area contributed by atoms with Crippen LogP contribution in [-0.4, -0.2) is 11.3 Å². The smallest absolute Gasteiger partial charge is 0.252 e. The summed E-state index contributed by atoms with van der Waals surface area (Å²) >= 11 is 0. The Morgan fingerprint density at radius 3 is 0.963 bits per heavy atom. The second-order valence-electron chi connectivity index (χ2n) is 31.1. The van der Waals surface area contributed by atoms with E-state index in [1.807, 2.05) is 0 Å². The second-order valence-corrected chi connectivity index (χ2v) is 31.1. The molecule has 500 valence electrons. The summed E-state index contributed by atoms with van der Waals surface area (Å²) in [5, 5.41) is 2.44. The monoisotopic (exact) mass is 1380 g/mol. The number of fused-ring (bicyclic) bond motifs is 37. The highest BCUT2D eigenvalue weighted by molar-refractivity contribution is 7.00. The molecular weight excluding hydrogens is 1310 g/mol. The fraction of sp³-hybridized carbons (Fsp3) is 0.0286. The van der Waals surface area contributed by atoms with Gasteiger partial charge in [0.2, 0.25) is 0 Å². The molecule has 1 aromatic heterocycles. The zero-order valence-corrected chi connectivity index (χ0v) is 59.2. The fourth-order valence-corrected chi connectivity index (χ4v) is 22.8. The summed E-state index contributed by atoms with van der Waals surface area (Å²) in [5.41, 5.74) is 45.7. The predicted octanol–water partition coefficient (Wildman–Crippen LogP) is 23.6. The van der Waals surface area contributed by atoms with Crippen molar-refractivity contribution in [2.45, 2.75) is 16.2 Å². The molecule has 0 saturated carbocycles. The maximum atomic E-state index is 2.80. The van der Waals surface area contributed by atoms with Gasteiger partial charge in [-0.15, -0.1) is 0 Å². The average molecular weight is 1380 g/mol. The minimum atomic E-state index is -0.696. The molecule has 8 aliphatic rings. The predicted molar refractivity (Wildman–Crippen MR) is 449 cm³/mol. The van der Waals surface area contributed by atoms with Gasteiger partial charge < -0.3 is 14.4 Å². The number of anilines is 6. The van der Waals surface area contributed by atoms with E-state index in [9.17, 15) is 0 Å². The lowest BCUT2D eigenvalue weighted by molar-refractivity contribution is 0.792. The molecular formula is C105H62BN3. The van der Waals surface area contributed by atoms with Gasteiger partial charge in [0, 0.05) is 44.8 Å². The van der Waals surface area contributed by atoms with Gasteiger partial charge in [0.1, 0.15) is 0 Å². The number of nitrogens with zero attached hydrogens (tertiary/aromatic N) is 3. The second kappa shape index (κ2) is 20.8. The van der Waals surface area contributed by atoms with Crippen LogP contribution < -0.4 is 26.2 Å². The zero-order valence-electron chi connectivity index (χ0n) is 59.2. The van der Waals surface area contributed by atoms with Gasteiger partial charge in [0.15, 0.2) is 0 Å². The van der Waals surface area contributed by atoms with Gasteiger partial charge in [-0.05, 0) is 210 Å². The summed E-state index contributed by atoms with van der Waals surface area (Å²) in [5.74, 6) is 0. The molecule has 2 aliphatic heterocycles. The van der Waals surface area contributed by atoms with Gasteiger partial charge in [0.05, 0.1) is 38.7 Å². The van der Waals surface area contributed by atoms with Crippen LogP contribution in [0.1, 0.15) is 66.8 Å². The van der Waals surface area contributed by atoms with Crippen LogP contribution in [0.3, 0.4) is 0 Å². The fourth-order valence-electron chi connectivity index (χ4n) is 22.8. The Bertz CT molecular complexity index is 6950. The highest BCUT2D eigenvalue weighted by atomic mass is 15.2. The normalized spacial score (nSPS) is 15.0. The molecule has 0 radical (unpaired) electrons. The van der Waals surface area contributed by atoms with Gasteiger partial charge >= 0.3 is 0 Å². The van der Waals surface area contributed by atoms with Crippen molar-refractivity contribution in [1.82, 2.24) is 4.57 Å². The molecule has 26 rings (SSSR count). The number of aromatic nitrogens is 1. The van der Waals surface area contributed by atoms with Crippen LogP contribution in [0.25, 0.3) is 105 Å². The zero-order chi connectivity index (χ0) is 70.7. The molecule has 17 aromatic carbocycles. The highest BCUT2D eigenvalue weighted by Gasteiger charge is 2.59. The lowest BCUT2D eigenvalue weighted by atomic mass is 9.33. The molecule has 0 atom stereocenters. The number of hydrogen-bond acceptors (Lipinski definition) is 2. The van der Waals surface area contributed by atoms with Gasteiger partial charge in [-0.2, -0.15) is 0 Å². The minimum absolute atomic E-state index is 0.315. The first-order valence-corrected chi connectivity index (χ1v) is 38.4. The van der Waals surface area contributed by atoms with Crippen molar-refractivity contribution in [3.05, 3.63) is 443 Å². The van der Waals surface area contributed by atoms with Gasteiger partial charge in [-0.25, -0.2) is 0 Å². The molecule has 109 heavy (non-hydrogen) atoms. The molecule has 18 aromatic rings. The minimum Gasteiger partial charge on any atom is -0.311 e. The maximum absolute atomic E-state index is 2.80. The molecule has 0 bridgehead atoms. The van der Waals surface area contributed by atoms with Crippen LogP contribution in [-0.2, 0) is 16.2 Å². The molecule has 0 amide bonds. The van der Waals surface area contributed by atoms with Crippen LogP contribution in [0.5, 0.6) is 0 Å². The van der Waals surface area contributed by atoms with E-state index in [0.29, 0.717) is 0 Å². The van der Waals surface area contributed by atoms with Crippen molar-refractivity contribution < 1.29 is 0 Å². The third-order valence-electron chi connectivity index (χ3n) is 26.6. The van der Waals surface area contributed by atoms with Crippen molar-refractivity contribution >= 4 is 79.0 Å². The van der Waals surface area contributed by atoms with Crippen LogP contribution in [0, 0.1) is 0 Å². The Labute approximate surface area is 631 Å². The molecule has 3 nitrogen and oxygen atoms in total. The van der Waals surface area contributed by atoms with E-state index in [4.69, 9.17) is 0 Å². The maximum Gasteiger partial charge on any atom is 0.252 e. The van der Waals surface area contributed by atoms with E-state index < -0.39 is 16.2 Å². The third kappa shape index (κ3) is 6.96. The standard InChI is InChI=1S/C105H62BN3/c1-2-27-63(28-3-1)64-53-55-65(56-54-64)107-97-59-79-74-36-11-19-45-85(74)103(81-41-15-4-29-67(81)68-30-5-16-42-82(68)103)90(79)61-92(97)106-93-62-91-80(75-37-12-20-46-86(75)104(91)83-43-17-6-31-69(83)70-32-7-18-44-84(70)104)60-98(93)109(100-58-66(57-99(107)102(100)106)108-94-50-24-13-38-76(94)77-39-14-25-51-95(77)108)96-52-26-40-78-73-35-10-23-49-89(73)105(101(78)96)87-47-21-8-33-71(87)72-34-9-22-48-88(72)105/h1-62H. The number of para-hydroxylation sites is 2. The first-order chi connectivity index (χ1) is 54.1. The Hall–Kier alpha value is -13.8. The number of benzene rings is 17. The molecule has 0 fully saturated rings. The Morgan fingerprint density at radius 2 is 0.532 bits per heavy atom. The quantitative estimate of drug-likeness (QED) is 0.163. The van der Waals surface area contributed by atoms with Crippen molar-refractivity contribution in [3.63, 3.8) is 0 Å². The summed E-state index contributed by atoms with van der Waals surface area (Å²) in [7, 11) is 0. The third-order valence-corrected chi connectivity index (χ3v) is 26.6. The van der Waals surface area contributed by atoms with E-state index in [0.717, 1.165) is 39.5 Å². The van der Waals surface area contributed by atoms with E-state index in [2.05, 4.69) is 390 Å².